The maximum atomic E-state index is 12.8. The lowest BCUT2D eigenvalue weighted by molar-refractivity contribution is 0.0950. The maximum absolute atomic E-state index is 12.8. The standard InChI is InChI=1S/C28H23ClN4O2/c29-24-8-9-26-25(13-24)23(16-31-26)17-32-28(35)22-12-21(14-30-15-22)11-19-4-6-20(7-5-19)18-33-10-2-1-3-27(33)34/h1-10,12-16,31H,11,17-18H2,(H,32,35). The molecule has 1 amide bonds. The van der Waals surface area contributed by atoms with E-state index in [-0.39, 0.29) is 11.5 Å². The number of nitrogens with zero attached hydrogens (tertiary/aromatic N) is 2. The summed E-state index contributed by atoms with van der Waals surface area (Å²) in [5.41, 5.74) is 5.54. The van der Waals surface area contributed by atoms with Crippen molar-refractivity contribution < 1.29 is 4.79 Å². The number of amides is 1. The average molecular weight is 483 g/mol. The summed E-state index contributed by atoms with van der Waals surface area (Å²) in [6.45, 7) is 0.912. The summed E-state index contributed by atoms with van der Waals surface area (Å²) >= 11 is 6.12. The molecule has 0 unspecified atom stereocenters. The second-order valence-electron chi connectivity index (χ2n) is 8.43. The fraction of sp³-hybridized carbons (Fsp3) is 0.107. The van der Waals surface area contributed by atoms with E-state index in [2.05, 4.69) is 15.3 Å². The van der Waals surface area contributed by atoms with Gasteiger partial charge in [-0.15, -0.1) is 0 Å². The van der Waals surface area contributed by atoms with Crippen LogP contribution in [0.2, 0.25) is 5.02 Å². The highest BCUT2D eigenvalue weighted by Crippen LogP contribution is 2.22. The van der Waals surface area contributed by atoms with E-state index >= 15 is 0 Å². The van der Waals surface area contributed by atoms with E-state index < -0.39 is 0 Å². The van der Waals surface area contributed by atoms with Crippen molar-refractivity contribution in [3.63, 3.8) is 0 Å². The molecule has 3 heterocycles. The Hall–Kier alpha value is -4.16. The second kappa shape index (κ2) is 9.99. The fourth-order valence-electron chi connectivity index (χ4n) is 4.07. The van der Waals surface area contributed by atoms with Gasteiger partial charge in [0.15, 0.2) is 0 Å². The third-order valence-corrected chi connectivity index (χ3v) is 6.14. The second-order valence-corrected chi connectivity index (χ2v) is 8.86. The molecule has 7 heteroatoms. The number of carbonyl (C=O) groups excluding carboxylic acids is 1. The van der Waals surface area contributed by atoms with Crippen molar-refractivity contribution in [2.75, 3.05) is 0 Å². The minimum absolute atomic E-state index is 0.0220. The molecular weight excluding hydrogens is 460 g/mol. The summed E-state index contributed by atoms with van der Waals surface area (Å²) in [4.78, 5) is 32.2. The van der Waals surface area contributed by atoms with Crippen LogP contribution in [0.15, 0.2) is 96.3 Å². The van der Waals surface area contributed by atoms with Crippen LogP contribution in [0.4, 0.5) is 0 Å². The smallest absolute Gasteiger partial charge is 0.253 e. The summed E-state index contributed by atoms with van der Waals surface area (Å²) in [7, 11) is 0. The zero-order chi connectivity index (χ0) is 24.2. The molecule has 5 aromatic rings. The van der Waals surface area contributed by atoms with E-state index in [0.717, 1.165) is 33.2 Å². The molecule has 0 fully saturated rings. The molecule has 3 aromatic heterocycles. The van der Waals surface area contributed by atoms with Gasteiger partial charge in [0.1, 0.15) is 0 Å². The van der Waals surface area contributed by atoms with Crippen LogP contribution in [0, 0.1) is 0 Å². The Labute approximate surface area is 207 Å². The highest BCUT2D eigenvalue weighted by Gasteiger charge is 2.10. The Kier molecular flexibility index (Phi) is 6.46. The van der Waals surface area contributed by atoms with Crippen molar-refractivity contribution in [1.29, 1.82) is 0 Å². The Bertz CT molecular complexity index is 1550. The zero-order valence-electron chi connectivity index (χ0n) is 18.9. The van der Waals surface area contributed by atoms with Crippen molar-refractivity contribution in [3.8, 4) is 0 Å². The average Bonchev–Trinajstić information content (AvgIpc) is 3.27. The van der Waals surface area contributed by atoms with E-state index in [9.17, 15) is 9.59 Å². The summed E-state index contributed by atoms with van der Waals surface area (Å²) in [5, 5.41) is 4.62. The summed E-state index contributed by atoms with van der Waals surface area (Å²) in [6, 6.07) is 20.8. The number of hydrogen-bond donors (Lipinski definition) is 2. The molecule has 5 rings (SSSR count). The Balaban J connectivity index is 1.23. The molecule has 0 saturated carbocycles. The van der Waals surface area contributed by atoms with Gasteiger partial charge in [0.2, 0.25) is 0 Å². The van der Waals surface area contributed by atoms with Crippen molar-refractivity contribution in [2.45, 2.75) is 19.5 Å². The predicted octanol–water partition coefficient (Wildman–Crippen LogP) is 4.95. The quantitative estimate of drug-likeness (QED) is 0.344. The first-order chi connectivity index (χ1) is 17.0. The minimum Gasteiger partial charge on any atom is -0.361 e. The van der Waals surface area contributed by atoms with Gasteiger partial charge in [0.25, 0.3) is 11.5 Å². The molecule has 0 atom stereocenters. The van der Waals surface area contributed by atoms with E-state index in [1.54, 1.807) is 35.3 Å². The number of nitrogens with one attached hydrogen (secondary N) is 2. The van der Waals surface area contributed by atoms with Crippen molar-refractivity contribution in [3.05, 3.63) is 135 Å². The summed E-state index contributed by atoms with van der Waals surface area (Å²) < 4.78 is 1.67. The van der Waals surface area contributed by atoms with Crippen molar-refractivity contribution in [1.82, 2.24) is 19.9 Å². The number of H-pyrrole nitrogens is 1. The Morgan fingerprint density at radius 3 is 2.63 bits per heavy atom. The Morgan fingerprint density at radius 2 is 1.80 bits per heavy atom. The van der Waals surface area contributed by atoms with Gasteiger partial charge in [-0.25, -0.2) is 0 Å². The van der Waals surface area contributed by atoms with Gasteiger partial charge in [-0.05, 0) is 59.0 Å². The molecular formula is C28H23ClN4O2. The molecule has 2 aromatic carbocycles. The number of aromatic amines is 1. The van der Waals surface area contributed by atoms with Crippen molar-refractivity contribution in [2.24, 2.45) is 0 Å². The lowest BCUT2D eigenvalue weighted by Gasteiger charge is -2.08. The largest absolute Gasteiger partial charge is 0.361 e. The van der Waals surface area contributed by atoms with Gasteiger partial charge in [-0.2, -0.15) is 0 Å². The third-order valence-electron chi connectivity index (χ3n) is 5.91. The van der Waals surface area contributed by atoms with Crippen LogP contribution in [-0.2, 0) is 19.5 Å². The summed E-state index contributed by atoms with van der Waals surface area (Å²) in [6.07, 6.45) is 7.67. The first-order valence-electron chi connectivity index (χ1n) is 11.3. The molecule has 2 N–H and O–H groups in total. The maximum Gasteiger partial charge on any atom is 0.253 e. The molecule has 0 aliphatic carbocycles. The van der Waals surface area contributed by atoms with Crippen LogP contribution in [-0.4, -0.2) is 20.4 Å². The monoisotopic (exact) mass is 482 g/mol. The number of halogens is 1. The van der Waals surface area contributed by atoms with Gasteiger partial charge >= 0.3 is 0 Å². The zero-order valence-corrected chi connectivity index (χ0v) is 19.6. The van der Waals surface area contributed by atoms with E-state index in [4.69, 9.17) is 11.6 Å². The normalized spacial score (nSPS) is 11.0. The van der Waals surface area contributed by atoms with Crippen molar-refractivity contribution >= 4 is 28.4 Å². The van der Waals surface area contributed by atoms with Crippen LogP contribution in [0.3, 0.4) is 0 Å². The molecule has 0 aliphatic heterocycles. The number of aromatic nitrogens is 3. The third kappa shape index (κ3) is 5.34. The van der Waals surface area contributed by atoms with Crippen LogP contribution in [0.1, 0.15) is 32.6 Å². The first kappa shape index (κ1) is 22.6. The molecule has 0 radical (unpaired) electrons. The van der Waals surface area contributed by atoms with E-state index in [0.29, 0.717) is 30.1 Å². The number of carbonyl (C=O) groups is 1. The first-order valence-corrected chi connectivity index (χ1v) is 11.6. The molecule has 0 spiro atoms. The molecule has 174 valence electrons. The highest BCUT2D eigenvalue weighted by molar-refractivity contribution is 6.31. The number of rotatable bonds is 7. The van der Waals surface area contributed by atoms with Gasteiger partial charge < -0.3 is 14.9 Å². The van der Waals surface area contributed by atoms with E-state index in [1.807, 2.05) is 60.8 Å². The number of fused-ring (bicyclic) bond motifs is 1. The molecule has 0 saturated heterocycles. The predicted molar refractivity (Wildman–Crippen MR) is 138 cm³/mol. The van der Waals surface area contributed by atoms with Gasteiger partial charge in [-0.1, -0.05) is 41.9 Å². The molecule has 0 bridgehead atoms. The Morgan fingerprint density at radius 1 is 0.971 bits per heavy atom. The van der Waals surface area contributed by atoms with Crippen LogP contribution >= 0.6 is 11.6 Å². The SMILES string of the molecule is O=C(NCc1c[nH]c2ccc(Cl)cc12)c1cncc(Cc2ccc(Cn3ccccc3=O)cc2)c1. The van der Waals surface area contributed by atoms with Crippen LogP contribution < -0.4 is 10.9 Å². The molecule has 35 heavy (non-hydrogen) atoms. The number of benzene rings is 2. The lowest BCUT2D eigenvalue weighted by Crippen LogP contribution is -2.23. The van der Waals surface area contributed by atoms with Gasteiger partial charge in [0, 0.05) is 53.3 Å². The molecule has 6 nitrogen and oxygen atoms in total. The lowest BCUT2D eigenvalue weighted by atomic mass is 10.0. The van der Waals surface area contributed by atoms with Crippen LogP contribution in [0.25, 0.3) is 10.9 Å². The summed E-state index contributed by atoms with van der Waals surface area (Å²) in [5.74, 6) is -0.181. The van der Waals surface area contributed by atoms with E-state index in [1.165, 1.54) is 0 Å². The number of hydrogen-bond acceptors (Lipinski definition) is 3. The van der Waals surface area contributed by atoms with Crippen LogP contribution in [0.5, 0.6) is 0 Å². The molecule has 0 aliphatic rings. The van der Waals surface area contributed by atoms with Gasteiger partial charge in [-0.3, -0.25) is 14.6 Å². The topological polar surface area (TPSA) is 79.8 Å². The van der Waals surface area contributed by atoms with Gasteiger partial charge in [0.05, 0.1) is 12.1 Å². The minimum atomic E-state index is -0.181. The highest BCUT2D eigenvalue weighted by atomic mass is 35.5. The fourth-order valence-corrected chi connectivity index (χ4v) is 4.24. The number of pyridine rings is 2.